The fraction of sp³-hybridized carbons (Fsp3) is 0.500. The third-order valence-corrected chi connectivity index (χ3v) is 3.99. The second-order valence-electron chi connectivity index (χ2n) is 5.78. The number of nitro groups is 2. The molecule has 26 heavy (non-hydrogen) atoms. The fourth-order valence-electron chi connectivity index (χ4n) is 2.77. The standard InChI is InChI=1S/C14H19N7O5/c1-8-13(20(23)24)10(3)18(16-8)6-5-15-12(22)7-19-11(4)14(21(25)26)9(2)17-19/h5-7H2,1-4H3,(H,15,22). The number of carbonyl (C=O) groups excluding carboxylic acids is 1. The van der Waals surface area contributed by atoms with Crippen LogP contribution in [0.4, 0.5) is 11.4 Å². The van der Waals surface area contributed by atoms with Crippen LogP contribution < -0.4 is 5.32 Å². The number of aromatic nitrogens is 4. The summed E-state index contributed by atoms with van der Waals surface area (Å²) >= 11 is 0. The molecular weight excluding hydrogens is 346 g/mol. The summed E-state index contributed by atoms with van der Waals surface area (Å²) in [6.07, 6.45) is 0. The highest BCUT2D eigenvalue weighted by Crippen LogP contribution is 2.22. The molecule has 0 fully saturated rings. The van der Waals surface area contributed by atoms with Crippen molar-refractivity contribution in [2.75, 3.05) is 6.54 Å². The van der Waals surface area contributed by atoms with Gasteiger partial charge in [-0.05, 0) is 27.7 Å². The molecule has 0 bridgehead atoms. The molecule has 0 atom stereocenters. The molecule has 12 nitrogen and oxygen atoms in total. The first kappa shape index (κ1) is 19.0. The Labute approximate surface area is 148 Å². The SMILES string of the molecule is Cc1nn(CCNC(=O)Cn2nc(C)c([N+](=O)[O-])c2C)c(C)c1[N+](=O)[O-]. The summed E-state index contributed by atoms with van der Waals surface area (Å²) in [5.74, 6) is -0.374. The molecule has 0 aliphatic rings. The maximum absolute atomic E-state index is 12.0. The maximum Gasteiger partial charge on any atom is 0.312 e. The first-order valence-corrected chi connectivity index (χ1v) is 7.77. The van der Waals surface area contributed by atoms with Crippen molar-refractivity contribution in [3.63, 3.8) is 0 Å². The van der Waals surface area contributed by atoms with Gasteiger partial charge < -0.3 is 5.32 Å². The maximum atomic E-state index is 12.0. The Hall–Kier alpha value is -3.31. The van der Waals surface area contributed by atoms with E-state index in [0.29, 0.717) is 17.1 Å². The molecule has 2 aromatic heterocycles. The van der Waals surface area contributed by atoms with E-state index in [1.54, 1.807) is 13.8 Å². The number of nitrogens with one attached hydrogen (secondary N) is 1. The summed E-state index contributed by atoms with van der Waals surface area (Å²) in [5.41, 5.74) is 1.13. The Morgan fingerprint density at radius 2 is 1.42 bits per heavy atom. The Morgan fingerprint density at radius 1 is 0.962 bits per heavy atom. The summed E-state index contributed by atoms with van der Waals surface area (Å²) in [5, 5.41) is 32.7. The van der Waals surface area contributed by atoms with Crippen molar-refractivity contribution in [3.05, 3.63) is 43.0 Å². The predicted octanol–water partition coefficient (Wildman–Crippen LogP) is 0.946. The molecule has 0 aliphatic heterocycles. The van der Waals surface area contributed by atoms with Gasteiger partial charge in [-0.1, -0.05) is 0 Å². The number of nitrogens with zero attached hydrogens (tertiary/aromatic N) is 6. The highest BCUT2D eigenvalue weighted by Gasteiger charge is 2.23. The number of aryl methyl sites for hydroxylation is 2. The topological polar surface area (TPSA) is 151 Å². The molecule has 1 N–H and O–H groups in total. The molecule has 2 rings (SSSR count). The first-order valence-electron chi connectivity index (χ1n) is 7.77. The van der Waals surface area contributed by atoms with Gasteiger partial charge in [-0.15, -0.1) is 0 Å². The minimum Gasteiger partial charge on any atom is -0.353 e. The lowest BCUT2D eigenvalue weighted by Gasteiger charge is -2.07. The van der Waals surface area contributed by atoms with Crippen molar-refractivity contribution in [3.8, 4) is 0 Å². The van der Waals surface area contributed by atoms with E-state index in [2.05, 4.69) is 15.5 Å². The quantitative estimate of drug-likeness (QED) is 0.566. The molecule has 0 spiro atoms. The van der Waals surface area contributed by atoms with Crippen molar-refractivity contribution in [1.29, 1.82) is 0 Å². The van der Waals surface area contributed by atoms with Gasteiger partial charge in [0.05, 0.1) is 16.4 Å². The predicted molar refractivity (Wildman–Crippen MR) is 89.7 cm³/mol. The summed E-state index contributed by atoms with van der Waals surface area (Å²) in [4.78, 5) is 33.0. The van der Waals surface area contributed by atoms with Crippen molar-refractivity contribution in [2.24, 2.45) is 0 Å². The van der Waals surface area contributed by atoms with Gasteiger partial charge in [-0.2, -0.15) is 10.2 Å². The molecule has 0 aliphatic carbocycles. The Morgan fingerprint density at radius 3 is 1.88 bits per heavy atom. The average Bonchev–Trinajstić information content (AvgIpc) is 2.95. The molecular formula is C14H19N7O5. The van der Waals surface area contributed by atoms with E-state index in [0.717, 1.165) is 0 Å². The van der Waals surface area contributed by atoms with Gasteiger partial charge in [0.25, 0.3) is 0 Å². The van der Waals surface area contributed by atoms with Crippen LogP contribution in [0.2, 0.25) is 0 Å². The number of hydrogen-bond donors (Lipinski definition) is 1. The van der Waals surface area contributed by atoms with Crippen LogP contribution in [0.1, 0.15) is 22.8 Å². The van der Waals surface area contributed by atoms with E-state index in [4.69, 9.17) is 0 Å². The number of rotatable bonds is 7. The van der Waals surface area contributed by atoms with Crippen LogP contribution in [0.15, 0.2) is 0 Å². The van der Waals surface area contributed by atoms with E-state index >= 15 is 0 Å². The second kappa shape index (κ2) is 7.29. The van der Waals surface area contributed by atoms with Gasteiger partial charge in [-0.25, -0.2) is 0 Å². The van der Waals surface area contributed by atoms with E-state index in [-0.39, 0.29) is 42.6 Å². The zero-order chi connectivity index (χ0) is 19.6. The lowest BCUT2D eigenvalue weighted by molar-refractivity contribution is -0.386. The molecule has 12 heteroatoms. The van der Waals surface area contributed by atoms with Crippen LogP contribution in [0, 0.1) is 47.9 Å². The van der Waals surface area contributed by atoms with Gasteiger partial charge in [0.1, 0.15) is 29.3 Å². The van der Waals surface area contributed by atoms with E-state index < -0.39 is 9.85 Å². The average molecular weight is 365 g/mol. The van der Waals surface area contributed by atoms with E-state index in [9.17, 15) is 25.0 Å². The highest BCUT2D eigenvalue weighted by molar-refractivity contribution is 5.75. The third-order valence-electron chi connectivity index (χ3n) is 3.99. The van der Waals surface area contributed by atoms with Gasteiger partial charge >= 0.3 is 11.4 Å². The van der Waals surface area contributed by atoms with Crippen LogP contribution in [0.25, 0.3) is 0 Å². The normalized spacial score (nSPS) is 10.8. The van der Waals surface area contributed by atoms with Crippen LogP contribution in [0.5, 0.6) is 0 Å². The van der Waals surface area contributed by atoms with Crippen LogP contribution in [0.3, 0.4) is 0 Å². The van der Waals surface area contributed by atoms with Gasteiger partial charge in [-0.3, -0.25) is 34.4 Å². The van der Waals surface area contributed by atoms with Gasteiger partial charge in [0, 0.05) is 6.54 Å². The Balaban J connectivity index is 1.97. The second-order valence-corrected chi connectivity index (χ2v) is 5.78. The Kier molecular flexibility index (Phi) is 5.33. The Bertz CT molecular complexity index is 883. The van der Waals surface area contributed by atoms with Crippen molar-refractivity contribution in [1.82, 2.24) is 24.9 Å². The summed E-state index contributed by atoms with van der Waals surface area (Å²) in [6.45, 7) is 6.50. The largest absolute Gasteiger partial charge is 0.353 e. The molecule has 140 valence electrons. The minimum atomic E-state index is -0.526. The van der Waals surface area contributed by atoms with Crippen LogP contribution in [-0.4, -0.2) is 41.9 Å². The van der Waals surface area contributed by atoms with Crippen molar-refractivity contribution in [2.45, 2.75) is 40.8 Å². The number of carbonyl (C=O) groups is 1. The zero-order valence-corrected chi connectivity index (χ0v) is 14.8. The highest BCUT2D eigenvalue weighted by atomic mass is 16.6. The molecule has 0 saturated carbocycles. The smallest absolute Gasteiger partial charge is 0.312 e. The van der Waals surface area contributed by atoms with Crippen LogP contribution in [-0.2, 0) is 17.9 Å². The minimum absolute atomic E-state index is 0.0359. The van der Waals surface area contributed by atoms with Gasteiger partial charge in [0.15, 0.2) is 0 Å². The number of hydrogen-bond acceptors (Lipinski definition) is 7. The first-order chi connectivity index (χ1) is 12.1. The molecule has 2 aromatic rings. The van der Waals surface area contributed by atoms with Crippen molar-refractivity contribution >= 4 is 17.3 Å². The lowest BCUT2D eigenvalue weighted by Crippen LogP contribution is -2.31. The molecule has 0 radical (unpaired) electrons. The van der Waals surface area contributed by atoms with Crippen molar-refractivity contribution < 1.29 is 14.6 Å². The summed E-state index contributed by atoms with van der Waals surface area (Å²) in [7, 11) is 0. The molecule has 0 unspecified atom stereocenters. The fourth-order valence-corrected chi connectivity index (χ4v) is 2.77. The molecule has 1 amide bonds. The monoisotopic (exact) mass is 365 g/mol. The van der Waals surface area contributed by atoms with E-state index in [1.807, 2.05) is 0 Å². The summed E-state index contributed by atoms with van der Waals surface area (Å²) in [6, 6.07) is 0. The lowest BCUT2D eigenvalue weighted by atomic mass is 10.3. The van der Waals surface area contributed by atoms with Gasteiger partial charge in [0.2, 0.25) is 5.91 Å². The third kappa shape index (κ3) is 3.68. The summed E-state index contributed by atoms with van der Waals surface area (Å²) < 4.78 is 2.73. The molecule has 2 heterocycles. The zero-order valence-electron chi connectivity index (χ0n) is 14.8. The number of amides is 1. The molecule has 0 aromatic carbocycles. The van der Waals surface area contributed by atoms with Crippen LogP contribution >= 0.6 is 0 Å². The molecule has 0 saturated heterocycles. The van der Waals surface area contributed by atoms with E-state index in [1.165, 1.54) is 23.2 Å².